The molecule has 2 unspecified atom stereocenters. The average molecular weight is 422 g/mol. The molecular formula is C17H14Br2N2O. The quantitative estimate of drug-likeness (QED) is 0.757. The molecule has 2 aromatic rings. The van der Waals surface area contributed by atoms with E-state index in [2.05, 4.69) is 42.5 Å². The lowest BCUT2D eigenvalue weighted by Crippen LogP contribution is -2.39. The molecule has 0 fully saturated rings. The standard InChI is InChI=1S/C17H14Br2N2O/c18-11-1-5-13(6-2-11)20-15-9-10-16(22)17(15)21-14-7-3-12(19)4-8-14/h1-10,15,17,20-21H. The Hall–Kier alpha value is -1.59. The Morgan fingerprint density at radius 3 is 1.82 bits per heavy atom. The van der Waals surface area contributed by atoms with Crippen LogP contribution in [0.25, 0.3) is 0 Å². The lowest BCUT2D eigenvalue weighted by Gasteiger charge is -2.22. The van der Waals surface area contributed by atoms with Gasteiger partial charge in [0.2, 0.25) is 0 Å². The van der Waals surface area contributed by atoms with E-state index in [1.165, 1.54) is 0 Å². The molecule has 1 aliphatic rings. The van der Waals surface area contributed by atoms with Gasteiger partial charge < -0.3 is 10.6 Å². The van der Waals surface area contributed by atoms with Crippen LogP contribution in [0.4, 0.5) is 11.4 Å². The Bertz CT molecular complexity index is 696. The molecule has 0 aromatic heterocycles. The number of halogens is 2. The third-order valence-electron chi connectivity index (χ3n) is 3.48. The first-order valence-electron chi connectivity index (χ1n) is 6.88. The minimum absolute atomic E-state index is 0.0719. The van der Waals surface area contributed by atoms with E-state index in [-0.39, 0.29) is 17.9 Å². The summed E-state index contributed by atoms with van der Waals surface area (Å²) in [6, 6.07) is 15.3. The summed E-state index contributed by atoms with van der Waals surface area (Å²) in [5, 5.41) is 6.67. The number of anilines is 2. The van der Waals surface area contributed by atoms with Crippen molar-refractivity contribution in [1.82, 2.24) is 0 Å². The van der Waals surface area contributed by atoms with Gasteiger partial charge in [-0.1, -0.05) is 37.9 Å². The number of rotatable bonds is 4. The Morgan fingerprint density at radius 2 is 1.27 bits per heavy atom. The molecule has 22 heavy (non-hydrogen) atoms. The lowest BCUT2D eigenvalue weighted by molar-refractivity contribution is -0.114. The topological polar surface area (TPSA) is 41.1 Å². The third-order valence-corrected chi connectivity index (χ3v) is 4.53. The van der Waals surface area contributed by atoms with Crippen LogP contribution in [0, 0.1) is 0 Å². The van der Waals surface area contributed by atoms with Gasteiger partial charge >= 0.3 is 0 Å². The van der Waals surface area contributed by atoms with E-state index in [1.54, 1.807) is 6.08 Å². The van der Waals surface area contributed by atoms with Gasteiger partial charge in [0.25, 0.3) is 0 Å². The van der Waals surface area contributed by atoms with Crippen molar-refractivity contribution in [2.24, 2.45) is 0 Å². The van der Waals surface area contributed by atoms with Crippen LogP contribution in [-0.2, 0) is 4.79 Å². The summed E-state index contributed by atoms with van der Waals surface area (Å²) in [4.78, 5) is 12.1. The largest absolute Gasteiger partial charge is 0.376 e. The predicted octanol–water partition coefficient (Wildman–Crippen LogP) is 4.61. The van der Waals surface area contributed by atoms with Crippen molar-refractivity contribution < 1.29 is 4.79 Å². The number of nitrogens with one attached hydrogen (secondary N) is 2. The molecule has 0 aliphatic heterocycles. The molecule has 1 aliphatic carbocycles. The number of benzene rings is 2. The molecule has 112 valence electrons. The van der Waals surface area contributed by atoms with Gasteiger partial charge in [0.1, 0.15) is 6.04 Å². The summed E-state index contributed by atoms with van der Waals surface area (Å²) in [6.45, 7) is 0. The Morgan fingerprint density at radius 1 is 0.773 bits per heavy atom. The molecule has 2 N–H and O–H groups in total. The molecule has 0 radical (unpaired) electrons. The van der Waals surface area contributed by atoms with E-state index >= 15 is 0 Å². The predicted molar refractivity (Wildman–Crippen MR) is 97.3 cm³/mol. The number of carbonyl (C=O) groups excluding carboxylic acids is 1. The van der Waals surface area contributed by atoms with Crippen LogP contribution in [-0.4, -0.2) is 17.9 Å². The minimum atomic E-state index is -0.301. The Kier molecular flexibility index (Phi) is 4.64. The van der Waals surface area contributed by atoms with Crippen LogP contribution in [0.1, 0.15) is 0 Å². The van der Waals surface area contributed by atoms with E-state index in [4.69, 9.17) is 0 Å². The molecule has 0 saturated carbocycles. The van der Waals surface area contributed by atoms with E-state index < -0.39 is 0 Å². The average Bonchev–Trinajstić information content (AvgIpc) is 2.85. The van der Waals surface area contributed by atoms with E-state index in [0.717, 1.165) is 20.3 Å². The SMILES string of the molecule is O=C1C=CC(Nc2ccc(Br)cc2)C1Nc1ccc(Br)cc1. The highest BCUT2D eigenvalue weighted by atomic mass is 79.9. The smallest absolute Gasteiger partial charge is 0.180 e. The van der Waals surface area contributed by atoms with Crippen molar-refractivity contribution in [3.05, 3.63) is 69.6 Å². The van der Waals surface area contributed by atoms with Crippen LogP contribution in [0.15, 0.2) is 69.6 Å². The summed E-state index contributed by atoms with van der Waals surface area (Å²) in [7, 11) is 0. The van der Waals surface area contributed by atoms with E-state index in [9.17, 15) is 4.79 Å². The van der Waals surface area contributed by atoms with Crippen molar-refractivity contribution in [3.8, 4) is 0 Å². The number of hydrogen-bond acceptors (Lipinski definition) is 3. The second-order valence-corrected chi connectivity index (χ2v) is 6.90. The molecule has 0 amide bonds. The molecule has 2 atom stereocenters. The van der Waals surface area contributed by atoms with Crippen molar-refractivity contribution in [2.45, 2.75) is 12.1 Å². The zero-order chi connectivity index (χ0) is 15.5. The maximum Gasteiger partial charge on any atom is 0.180 e. The normalized spacial score (nSPS) is 20.2. The highest BCUT2D eigenvalue weighted by Crippen LogP contribution is 2.22. The van der Waals surface area contributed by atoms with E-state index in [0.29, 0.717) is 0 Å². The molecule has 3 rings (SSSR count). The van der Waals surface area contributed by atoms with Gasteiger partial charge in [-0.05, 0) is 54.6 Å². The number of hydrogen-bond donors (Lipinski definition) is 2. The fourth-order valence-corrected chi connectivity index (χ4v) is 2.88. The summed E-state index contributed by atoms with van der Waals surface area (Å²) in [6.07, 6.45) is 3.54. The van der Waals surface area contributed by atoms with Crippen molar-refractivity contribution >= 4 is 49.0 Å². The van der Waals surface area contributed by atoms with Gasteiger partial charge in [0.05, 0.1) is 6.04 Å². The summed E-state index contributed by atoms with van der Waals surface area (Å²) >= 11 is 6.83. The fourth-order valence-electron chi connectivity index (χ4n) is 2.35. The van der Waals surface area contributed by atoms with Gasteiger partial charge in [-0.15, -0.1) is 0 Å². The van der Waals surface area contributed by atoms with Crippen LogP contribution >= 0.6 is 31.9 Å². The number of ketones is 1. The molecule has 0 spiro atoms. The molecule has 2 aromatic carbocycles. The zero-order valence-electron chi connectivity index (χ0n) is 11.6. The summed E-state index contributed by atoms with van der Waals surface area (Å²) in [5.74, 6) is 0.0810. The Balaban J connectivity index is 1.72. The van der Waals surface area contributed by atoms with Crippen LogP contribution in [0.5, 0.6) is 0 Å². The third kappa shape index (κ3) is 3.59. The fraction of sp³-hybridized carbons (Fsp3) is 0.118. The van der Waals surface area contributed by atoms with Crippen LogP contribution in [0.3, 0.4) is 0 Å². The molecule has 3 nitrogen and oxygen atoms in total. The highest BCUT2D eigenvalue weighted by Gasteiger charge is 2.29. The Labute approximate surface area is 146 Å². The molecule has 0 bridgehead atoms. The molecule has 0 heterocycles. The van der Waals surface area contributed by atoms with Crippen molar-refractivity contribution in [1.29, 1.82) is 0 Å². The highest BCUT2D eigenvalue weighted by molar-refractivity contribution is 9.10. The second kappa shape index (κ2) is 6.67. The maximum atomic E-state index is 12.1. The van der Waals surface area contributed by atoms with Crippen molar-refractivity contribution in [2.75, 3.05) is 10.6 Å². The van der Waals surface area contributed by atoms with Crippen LogP contribution in [0.2, 0.25) is 0 Å². The maximum absolute atomic E-state index is 12.1. The molecule has 0 saturated heterocycles. The lowest BCUT2D eigenvalue weighted by atomic mass is 10.1. The van der Waals surface area contributed by atoms with Gasteiger partial charge in [-0.25, -0.2) is 0 Å². The van der Waals surface area contributed by atoms with Crippen molar-refractivity contribution in [3.63, 3.8) is 0 Å². The van der Waals surface area contributed by atoms with Gasteiger partial charge in [-0.3, -0.25) is 4.79 Å². The summed E-state index contributed by atoms with van der Waals surface area (Å²) in [5.41, 5.74) is 1.91. The van der Waals surface area contributed by atoms with Gasteiger partial charge in [0, 0.05) is 20.3 Å². The summed E-state index contributed by atoms with van der Waals surface area (Å²) < 4.78 is 2.04. The van der Waals surface area contributed by atoms with E-state index in [1.807, 2.05) is 54.6 Å². The second-order valence-electron chi connectivity index (χ2n) is 5.07. The molecular weight excluding hydrogens is 408 g/mol. The first kappa shape index (κ1) is 15.3. The minimum Gasteiger partial charge on any atom is -0.376 e. The van der Waals surface area contributed by atoms with Gasteiger partial charge in [-0.2, -0.15) is 0 Å². The first-order chi connectivity index (χ1) is 10.6. The zero-order valence-corrected chi connectivity index (χ0v) is 14.8. The molecule has 5 heteroatoms. The number of carbonyl (C=O) groups is 1. The van der Waals surface area contributed by atoms with Gasteiger partial charge in [0.15, 0.2) is 5.78 Å². The monoisotopic (exact) mass is 420 g/mol. The van der Waals surface area contributed by atoms with Crippen LogP contribution < -0.4 is 10.6 Å². The first-order valence-corrected chi connectivity index (χ1v) is 8.47.